The van der Waals surface area contributed by atoms with E-state index in [1.807, 2.05) is 19.9 Å². The predicted octanol–water partition coefficient (Wildman–Crippen LogP) is 3.51. The lowest BCUT2D eigenvalue weighted by Gasteiger charge is -2.22. The maximum Gasteiger partial charge on any atom is 0.261 e. The van der Waals surface area contributed by atoms with Crippen molar-refractivity contribution in [2.75, 3.05) is 27.1 Å². The van der Waals surface area contributed by atoms with Crippen LogP contribution in [0.15, 0.2) is 77.7 Å². The first-order chi connectivity index (χ1) is 15.4. The van der Waals surface area contributed by atoms with Crippen LogP contribution in [0.5, 0.6) is 0 Å². The zero-order valence-corrected chi connectivity index (χ0v) is 20.1. The van der Waals surface area contributed by atoms with Crippen molar-refractivity contribution in [2.24, 2.45) is 0 Å². The summed E-state index contributed by atoms with van der Waals surface area (Å²) in [4.78, 5) is 12.5. The summed E-state index contributed by atoms with van der Waals surface area (Å²) < 4.78 is 53.1. The lowest BCUT2D eigenvalue weighted by Crippen LogP contribution is -2.37. The van der Waals surface area contributed by atoms with Crippen LogP contribution in [0.25, 0.3) is 0 Å². The van der Waals surface area contributed by atoms with Crippen LogP contribution in [-0.4, -0.2) is 35.5 Å². The van der Waals surface area contributed by atoms with Gasteiger partial charge in [0.15, 0.2) is 0 Å². The van der Waals surface area contributed by atoms with Gasteiger partial charge in [-0.1, -0.05) is 29.8 Å². The Hall–Kier alpha value is -3.37. The third-order valence-electron chi connectivity index (χ3n) is 4.73. The Balaban J connectivity index is 1.70. The molecule has 0 aliphatic rings. The lowest BCUT2D eigenvalue weighted by atomic mass is 10.2. The number of nitrogens with zero attached hydrogens (tertiary/aromatic N) is 1. The van der Waals surface area contributed by atoms with Gasteiger partial charge in [-0.05, 0) is 67.9 Å². The summed E-state index contributed by atoms with van der Waals surface area (Å²) in [6, 6.07) is 19.4. The van der Waals surface area contributed by atoms with E-state index in [1.165, 1.54) is 24.3 Å². The molecular formula is C23H25N3O5S2. The van der Waals surface area contributed by atoms with E-state index in [2.05, 4.69) is 10.0 Å². The number of amides is 1. The summed E-state index contributed by atoms with van der Waals surface area (Å²) in [6.45, 7) is 3.32. The van der Waals surface area contributed by atoms with Crippen LogP contribution in [0, 0.1) is 13.8 Å². The fraction of sp³-hybridized carbons (Fsp3) is 0.174. The first-order valence-corrected chi connectivity index (χ1v) is 13.3. The third-order valence-corrected chi connectivity index (χ3v) is 7.27. The van der Waals surface area contributed by atoms with Crippen molar-refractivity contribution in [3.8, 4) is 0 Å². The van der Waals surface area contributed by atoms with Crippen LogP contribution in [0.3, 0.4) is 0 Å². The SMILES string of the molecule is Cc1ccc(N(CC(=O)Nc2ccc(S(=O)(=O)Nc3cccc(C)c3)cc2)S(C)(=O)=O)cc1. The van der Waals surface area contributed by atoms with Gasteiger partial charge in [0.25, 0.3) is 10.0 Å². The number of nitrogens with one attached hydrogen (secondary N) is 2. The molecule has 0 heterocycles. The summed E-state index contributed by atoms with van der Waals surface area (Å²) in [6.07, 6.45) is 1.03. The van der Waals surface area contributed by atoms with Crippen molar-refractivity contribution >= 4 is 43.0 Å². The maximum absolute atomic E-state index is 12.6. The minimum absolute atomic E-state index is 0.0272. The highest BCUT2D eigenvalue weighted by molar-refractivity contribution is 7.92. The lowest BCUT2D eigenvalue weighted by molar-refractivity contribution is -0.114. The Bertz CT molecular complexity index is 1350. The second-order valence-electron chi connectivity index (χ2n) is 7.65. The molecule has 2 N–H and O–H groups in total. The van der Waals surface area contributed by atoms with Crippen LogP contribution in [-0.2, 0) is 24.8 Å². The molecule has 0 radical (unpaired) electrons. The van der Waals surface area contributed by atoms with Crippen LogP contribution in [0.4, 0.5) is 17.1 Å². The number of anilines is 3. The van der Waals surface area contributed by atoms with Gasteiger partial charge in [-0.3, -0.25) is 13.8 Å². The second-order valence-corrected chi connectivity index (χ2v) is 11.2. The molecule has 0 saturated carbocycles. The van der Waals surface area contributed by atoms with Gasteiger partial charge < -0.3 is 5.32 Å². The largest absolute Gasteiger partial charge is 0.325 e. The topological polar surface area (TPSA) is 113 Å². The molecule has 174 valence electrons. The molecule has 0 fully saturated rings. The van der Waals surface area contributed by atoms with Crippen LogP contribution in [0.1, 0.15) is 11.1 Å². The Morgan fingerprint density at radius 2 is 1.45 bits per heavy atom. The van der Waals surface area contributed by atoms with Crippen molar-refractivity contribution in [2.45, 2.75) is 18.7 Å². The zero-order valence-electron chi connectivity index (χ0n) is 18.4. The third kappa shape index (κ3) is 6.56. The fourth-order valence-electron chi connectivity index (χ4n) is 3.08. The van der Waals surface area contributed by atoms with Gasteiger partial charge >= 0.3 is 0 Å². The van der Waals surface area contributed by atoms with E-state index in [1.54, 1.807) is 42.5 Å². The summed E-state index contributed by atoms with van der Waals surface area (Å²) >= 11 is 0. The Morgan fingerprint density at radius 3 is 2.03 bits per heavy atom. The van der Waals surface area contributed by atoms with Gasteiger partial charge in [0, 0.05) is 11.4 Å². The van der Waals surface area contributed by atoms with E-state index in [4.69, 9.17) is 0 Å². The minimum Gasteiger partial charge on any atom is -0.325 e. The molecule has 10 heteroatoms. The number of hydrogen-bond acceptors (Lipinski definition) is 5. The summed E-state index contributed by atoms with van der Waals surface area (Å²) in [5, 5.41) is 2.60. The van der Waals surface area contributed by atoms with E-state index in [-0.39, 0.29) is 4.90 Å². The van der Waals surface area contributed by atoms with E-state index in [0.717, 1.165) is 21.7 Å². The monoisotopic (exact) mass is 487 g/mol. The average molecular weight is 488 g/mol. The number of aryl methyl sites for hydroxylation is 2. The van der Waals surface area contributed by atoms with Crippen LogP contribution in [0.2, 0.25) is 0 Å². The molecule has 3 aromatic carbocycles. The van der Waals surface area contributed by atoms with Crippen molar-refractivity contribution in [1.29, 1.82) is 0 Å². The molecule has 1 amide bonds. The normalized spacial score (nSPS) is 11.6. The quantitative estimate of drug-likeness (QED) is 0.505. The number of benzene rings is 3. The highest BCUT2D eigenvalue weighted by Crippen LogP contribution is 2.20. The number of carbonyl (C=O) groups excluding carboxylic acids is 1. The maximum atomic E-state index is 12.6. The number of carbonyl (C=O) groups is 1. The minimum atomic E-state index is -3.80. The van der Waals surface area contributed by atoms with E-state index in [9.17, 15) is 21.6 Å². The second kappa shape index (κ2) is 9.63. The number of hydrogen-bond donors (Lipinski definition) is 2. The Labute approximate surface area is 194 Å². The molecule has 0 bridgehead atoms. The van der Waals surface area contributed by atoms with Gasteiger partial charge in [-0.25, -0.2) is 16.8 Å². The van der Waals surface area contributed by atoms with Crippen molar-refractivity contribution in [1.82, 2.24) is 0 Å². The first kappa shape index (κ1) is 24.3. The molecule has 3 aromatic rings. The molecule has 0 aliphatic carbocycles. The first-order valence-electron chi connectivity index (χ1n) is 9.98. The van der Waals surface area contributed by atoms with Gasteiger partial charge in [-0.15, -0.1) is 0 Å². The zero-order chi connectivity index (χ0) is 24.2. The van der Waals surface area contributed by atoms with Gasteiger partial charge in [0.1, 0.15) is 6.54 Å². The molecule has 0 unspecified atom stereocenters. The van der Waals surface area contributed by atoms with E-state index in [0.29, 0.717) is 17.1 Å². The number of rotatable bonds is 8. The molecular weight excluding hydrogens is 462 g/mol. The van der Waals surface area contributed by atoms with E-state index < -0.39 is 32.5 Å². The highest BCUT2D eigenvalue weighted by atomic mass is 32.2. The molecule has 0 aliphatic heterocycles. The molecule has 0 atom stereocenters. The van der Waals surface area contributed by atoms with Crippen LogP contribution < -0.4 is 14.3 Å². The van der Waals surface area contributed by atoms with Crippen molar-refractivity contribution in [3.05, 3.63) is 83.9 Å². The summed E-state index contributed by atoms with van der Waals surface area (Å²) in [5.74, 6) is -0.561. The van der Waals surface area contributed by atoms with Gasteiger partial charge in [0.05, 0.1) is 16.8 Å². The molecule has 8 nitrogen and oxygen atoms in total. The average Bonchev–Trinajstić information content (AvgIpc) is 2.72. The highest BCUT2D eigenvalue weighted by Gasteiger charge is 2.21. The van der Waals surface area contributed by atoms with Crippen LogP contribution >= 0.6 is 0 Å². The Morgan fingerprint density at radius 1 is 0.818 bits per heavy atom. The Kier molecular flexibility index (Phi) is 7.09. The number of sulfonamides is 2. The standard InChI is InChI=1S/C23H25N3O5S2/c1-17-7-11-21(12-8-17)26(32(3,28)29)16-23(27)24-19-9-13-22(14-10-19)33(30,31)25-20-6-4-5-18(2)15-20/h4-15,25H,16H2,1-3H3,(H,24,27). The molecule has 3 rings (SSSR count). The molecule has 0 saturated heterocycles. The molecule has 33 heavy (non-hydrogen) atoms. The van der Waals surface area contributed by atoms with Crippen molar-refractivity contribution in [3.63, 3.8) is 0 Å². The summed E-state index contributed by atoms with van der Waals surface area (Å²) in [5.41, 5.74) is 3.05. The van der Waals surface area contributed by atoms with Gasteiger partial charge in [0.2, 0.25) is 15.9 Å². The fourth-order valence-corrected chi connectivity index (χ4v) is 4.99. The van der Waals surface area contributed by atoms with E-state index >= 15 is 0 Å². The smallest absolute Gasteiger partial charge is 0.261 e. The van der Waals surface area contributed by atoms with Gasteiger partial charge in [-0.2, -0.15) is 0 Å². The van der Waals surface area contributed by atoms with Crippen molar-refractivity contribution < 1.29 is 21.6 Å². The predicted molar refractivity (Wildman–Crippen MR) is 130 cm³/mol. The summed E-state index contributed by atoms with van der Waals surface area (Å²) in [7, 11) is -7.50. The molecule has 0 aromatic heterocycles. The molecule has 0 spiro atoms.